The van der Waals surface area contributed by atoms with Gasteiger partial charge in [-0.15, -0.1) is 0 Å². The van der Waals surface area contributed by atoms with E-state index in [1.807, 2.05) is 6.07 Å². The van der Waals surface area contributed by atoms with E-state index in [1.165, 1.54) is 11.8 Å². The maximum absolute atomic E-state index is 12.3. The van der Waals surface area contributed by atoms with E-state index in [9.17, 15) is 14.4 Å². The molecule has 0 aliphatic rings. The van der Waals surface area contributed by atoms with Crippen molar-refractivity contribution in [3.05, 3.63) is 60.2 Å². The van der Waals surface area contributed by atoms with Crippen LogP contribution in [0.15, 0.2) is 54.6 Å². The second-order valence-electron chi connectivity index (χ2n) is 5.26. The molecule has 0 saturated carbocycles. The molecule has 2 aromatic carbocycles. The van der Waals surface area contributed by atoms with E-state index in [0.29, 0.717) is 11.4 Å². The van der Waals surface area contributed by atoms with E-state index in [-0.39, 0.29) is 30.5 Å². The topological polar surface area (TPSA) is 75.7 Å². The van der Waals surface area contributed by atoms with Crippen LogP contribution in [0.1, 0.15) is 24.2 Å². The zero-order valence-corrected chi connectivity index (χ0v) is 14.2. The van der Waals surface area contributed by atoms with Crippen molar-refractivity contribution in [2.45, 2.75) is 13.8 Å². The number of benzene rings is 2. The highest BCUT2D eigenvalue weighted by Crippen LogP contribution is 2.22. The fraction of sp³-hybridized carbons (Fsp3) is 0.211. The smallest absolute Gasteiger partial charge is 0.340 e. The average Bonchev–Trinajstić information content (AvgIpc) is 2.60. The maximum Gasteiger partial charge on any atom is 0.340 e. The summed E-state index contributed by atoms with van der Waals surface area (Å²) >= 11 is 0. The molecule has 6 heteroatoms. The van der Waals surface area contributed by atoms with Crippen LogP contribution in [0.5, 0.6) is 0 Å². The maximum atomic E-state index is 12.3. The predicted molar refractivity (Wildman–Crippen MR) is 95.5 cm³/mol. The second-order valence-corrected chi connectivity index (χ2v) is 5.26. The van der Waals surface area contributed by atoms with Gasteiger partial charge in [0.05, 0.1) is 17.9 Å². The number of para-hydroxylation sites is 2. The number of amides is 2. The van der Waals surface area contributed by atoms with E-state index in [2.05, 4.69) is 5.32 Å². The number of nitrogens with zero attached hydrogens (tertiary/aromatic N) is 1. The van der Waals surface area contributed by atoms with Crippen LogP contribution in [-0.4, -0.2) is 30.9 Å². The summed E-state index contributed by atoms with van der Waals surface area (Å²) in [5.41, 5.74) is 1.22. The molecule has 6 nitrogen and oxygen atoms in total. The van der Waals surface area contributed by atoms with Gasteiger partial charge in [0.2, 0.25) is 11.8 Å². The second kappa shape index (κ2) is 8.63. The number of rotatable bonds is 6. The van der Waals surface area contributed by atoms with Gasteiger partial charge in [0.1, 0.15) is 6.54 Å². The van der Waals surface area contributed by atoms with Crippen molar-refractivity contribution in [2.24, 2.45) is 0 Å². The van der Waals surface area contributed by atoms with Gasteiger partial charge < -0.3 is 15.0 Å². The molecular formula is C19H20N2O4. The first kappa shape index (κ1) is 18.2. The first-order valence-corrected chi connectivity index (χ1v) is 7.92. The Morgan fingerprint density at radius 2 is 1.64 bits per heavy atom. The van der Waals surface area contributed by atoms with Crippen LogP contribution >= 0.6 is 0 Å². The van der Waals surface area contributed by atoms with E-state index in [0.717, 1.165) is 0 Å². The van der Waals surface area contributed by atoms with Crippen molar-refractivity contribution >= 4 is 29.2 Å². The van der Waals surface area contributed by atoms with Gasteiger partial charge in [-0.25, -0.2) is 4.79 Å². The van der Waals surface area contributed by atoms with Crippen molar-refractivity contribution in [1.82, 2.24) is 0 Å². The summed E-state index contributed by atoms with van der Waals surface area (Å²) in [4.78, 5) is 37.7. The van der Waals surface area contributed by atoms with Gasteiger partial charge in [0.25, 0.3) is 0 Å². The highest BCUT2D eigenvalue weighted by atomic mass is 16.5. The summed E-state index contributed by atoms with van der Waals surface area (Å²) in [6, 6.07) is 15.5. The molecule has 1 N–H and O–H groups in total. The molecule has 0 radical (unpaired) electrons. The van der Waals surface area contributed by atoms with Crippen molar-refractivity contribution in [3.63, 3.8) is 0 Å². The minimum absolute atomic E-state index is 0.208. The molecule has 2 rings (SSSR count). The molecule has 0 fully saturated rings. The molecule has 2 amide bonds. The minimum Gasteiger partial charge on any atom is -0.462 e. The normalized spacial score (nSPS) is 10.0. The number of hydrogen-bond acceptors (Lipinski definition) is 4. The molecule has 130 valence electrons. The summed E-state index contributed by atoms with van der Waals surface area (Å²) in [6.07, 6.45) is 0. The Bertz CT molecular complexity index is 759. The van der Waals surface area contributed by atoms with Crippen LogP contribution < -0.4 is 10.2 Å². The number of ether oxygens (including phenoxy) is 1. The predicted octanol–water partition coefficient (Wildman–Crippen LogP) is 2.85. The molecule has 0 unspecified atom stereocenters. The monoisotopic (exact) mass is 340 g/mol. The van der Waals surface area contributed by atoms with Crippen molar-refractivity contribution in [1.29, 1.82) is 0 Å². The number of hydrogen-bond donors (Lipinski definition) is 1. The number of esters is 1. The summed E-state index contributed by atoms with van der Waals surface area (Å²) in [5, 5.41) is 2.72. The fourth-order valence-corrected chi connectivity index (χ4v) is 2.32. The third kappa shape index (κ3) is 4.91. The summed E-state index contributed by atoms with van der Waals surface area (Å²) in [5.74, 6) is -1.24. The van der Waals surface area contributed by atoms with Gasteiger partial charge in [-0.2, -0.15) is 0 Å². The number of carbonyl (C=O) groups excluding carboxylic acids is 3. The quantitative estimate of drug-likeness (QED) is 0.821. The molecular weight excluding hydrogens is 320 g/mol. The SMILES string of the molecule is CCOC(=O)c1ccccc1N(CC(=O)Nc1ccccc1)C(C)=O. The highest BCUT2D eigenvalue weighted by molar-refractivity contribution is 6.06. The van der Waals surface area contributed by atoms with E-state index in [4.69, 9.17) is 4.74 Å². The Morgan fingerprint density at radius 1 is 1.00 bits per heavy atom. The zero-order chi connectivity index (χ0) is 18.2. The summed E-state index contributed by atoms with van der Waals surface area (Å²) in [7, 11) is 0. The highest BCUT2D eigenvalue weighted by Gasteiger charge is 2.22. The minimum atomic E-state index is -0.534. The molecule has 0 saturated heterocycles. The first-order valence-electron chi connectivity index (χ1n) is 7.92. The van der Waals surface area contributed by atoms with Gasteiger partial charge in [-0.1, -0.05) is 30.3 Å². The summed E-state index contributed by atoms with van der Waals surface area (Å²) in [6.45, 7) is 3.07. The third-order valence-electron chi connectivity index (χ3n) is 3.43. The third-order valence-corrected chi connectivity index (χ3v) is 3.43. The lowest BCUT2D eigenvalue weighted by molar-refractivity contribution is -0.120. The molecule has 0 aliphatic heterocycles. The molecule has 2 aromatic rings. The van der Waals surface area contributed by atoms with Crippen LogP contribution in [0.3, 0.4) is 0 Å². The van der Waals surface area contributed by atoms with Gasteiger partial charge in [0.15, 0.2) is 0 Å². The van der Waals surface area contributed by atoms with Crippen molar-refractivity contribution in [2.75, 3.05) is 23.4 Å². The Kier molecular flexibility index (Phi) is 6.28. The lowest BCUT2D eigenvalue weighted by Gasteiger charge is -2.23. The largest absolute Gasteiger partial charge is 0.462 e. The van der Waals surface area contributed by atoms with E-state index >= 15 is 0 Å². The van der Waals surface area contributed by atoms with Gasteiger partial charge in [0, 0.05) is 12.6 Å². The molecule has 0 bridgehead atoms. The van der Waals surface area contributed by atoms with Gasteiger partial charge in [-0.3, -0.25) is 9.59 Å². The Labute approximate surface area is 146 Å². The Hall–Kier alpha value is -3.15. The van der Waals surface area contributed by atoms with Crippen LogP contribution in [0, 0.1) is 0 Å². The summed E-state index contributed by atoms with van der Waals surface area (Å²) < 4.78 is 5.02. The van der Waals surface area contributed by atoms with Crippen LogP contribution in [0.2, 0.25) is 0 Å². The number of anilines is 2. The van der Waals surface area contributed by atoms with Gasteiger partial charge in [-0.05, 0) is 31.2 Å². The van der Waals surface area contributed by atoms with Crippen LogP contribution in [-0.2, 0) is 14.3 Å². The molecule has 0 spiro atoms. The van der Waals surface area contributed by atoms with Crippen LogP contribution in [0.25, 0.3) is 0 Å². The number of carbonyl (C=O) groups is 3. The van der Waals surface area contributed by atoms with E-state index in [1.54, 1.807) is 55.5 Å². The van der Waals surface area contributed by atoms with Crippen molar-refractivity contribution in [3.8, 4) is 0 Å². The standard InChI is InChI=1S/C19H20N2O4/c1-3-25-19(24)16-11-7-8-12-17(16)21(14(2)22)13-18(23)20-15-9-5-4-6-10-15/h4-12H,3,13H2,1-2H3,(H,20,23). The zero-order valence-electron chi connectivity index (χ0n) is 14.2. The van der Waals surface area contributed by atoms with Gasteiger partial charge >= 0.3 is 5.97 Å². The Morgan fingerprint density at radius 3 is 2.28 bits per heavy atom. The fourth-order valence-electron chi connectivity index (χ4n) is 2.32. The average molecular weight is 340 g/mol. The molecule has 0 aliphatic carbocycles. The molecule has 0 aromatic heterocycles. The van der Waals surface area contributed by atoms with Crippen LogP contribution in [0.4, 0.5) is 11.4 Å². The van der Waals surface area contributed by atoms with E-state index < -0.39 is 5.97 Å². The Balaban J connectivity index is 2.22. The van der Waals surface area contributed by atoms with Crippen molar-refractivity contribution < 1.29 is 19.1 Å². The lowest BCUT2D eigenvalue weighted by Crippen LogP contribution is -2.37. The molecule has 0 heterocycles. The first-order chi connectivity index (χ1) is 12.0. The molecule has 0 atom stereocenters. The number of nitrogens with one attached hydrogen (secondary N) is 1. The lowest BCUT2D eigenvalue weighted by atomic mass is 10.1. The molecule has 25 heavy (non-hydrogen) atoms.